The van der Waals surface area contributed by atoms with Crippen molar-refractivity contribution in [2.24, 2.45) is 0 Å². The number of ether oxygens (including phenoxy) is 8. The first kappa shape index (κ1) is 98.3. The fourth-order valence-electron chi connectivity index (χ4n) is 5.65. The lowest BCUT2D eigenvalue weighted by atomic mass is 10.1. The van der Waals surface area contributed by atoms with Crippen LogP contribution in [0.5, 0.6) is 0 Å². The number of allylic oxidation sites excluding steroid dienone is 1. The molecule has 0 atom stereocenters. The average molecular weight is 1250 g/mol. The molecule has 0 aromatic rings. The van der Waals surface area contributed by atoms with Gasteiger partial charge in [0.2, 0.25) is 0 Å². The number of ketones is 2. The van der Waals surface area contributed by atoms with E-state index >= 15 is 0 Å². The van der Waals surface area contributed by atoms with E-state index in [1.54, 1.807) is 0 Å². The zero-order valence-electron chi connectivity index (χ0n) is 52.3. The van der Waals surface area contributed by atoms with Gasteiger partial charge in [0.25, 0.3) is 0 Å². The Morgan fingerprint density at radius 1 is 0.193 bits per heavy atom. The quantitative estimate of drug-likeness (QED) is 0.0236. The van der Waals surface area contributed by atoms with Gasteiger partial charge in [0.1, 0.15) is 27.2 Å². The van der Waals surface area contributed by atoms with Crippen molar-refractivity contribution in [1.82, 2.24) is 0 Å². The van der Waals surface area contributed by atoms with E-state index in [9.17, 15) is 47.9 Å². The molecule has 22 heteroatoms. The summed E-state index contributed by atoms with van der Waals surface area (Å²) in [6.07, 6.45) is 35.8. The molecule has 0 aliphatic carbocycles. The van der Waals surface area contributed by atoms with Gasteiger partial charge in [-0.1, -0.05) is 149 Å². The van der Waals surface area contributed by atoms with Crippen LogP contribution < -0.4 is 0 Å². The number of hydrogen-bond acceptors (Lipinski definition) is 22. The number of unbranched alkanes of at least 4 members (excludes halogenated alkanes) is 19. The van der Waals surface area contributed by atoms with Crippen LogP contribution in [-0.2, 0) is 105 Å². The van der Waals surface area contributed by atoms with Gasteiger partial charge in [-0.3, -0.25) is 9.59 Å². The molecule has 22 nitrogen and oxygen atoms in total. The Kier molecular flexibility index (Phi) is 103. The predicted octanol–water partition coefficient (Wildman–Crippen LogP) is 10.9. The second-order valence-electron chi connectivity index (χ2n) is 16.6. The molecular weight excluding hydrogens is 1140 g/mol. The maximum absolute atomic E-state index is 10.8. The number of carbonyl (C=O) groups excluding carboxylic acids is 14. The lowest BCUT2D eigenvalue weighted by molar-refractivity contribution is -0.141. The van der Waals surface area contributed by atoms with Crippen LogP contribution in [0.4, 0.5) is 0 Å². The standard InChI is InChI=1S/C18H30O4.C15H24O4.C12H18O4.C10H14O3.C7H8O3.4CH2O/c1-3-17(19)21-15-13-11-9-7-5-6-8-10-12-14-16-22-18(20)4-2;1-3-14(16)18-12-10-8-6-5-7-9-11-13-19-15(17)4-2;1-3-11(13)15-9-7-5-6-8-10-16-12(14)4-2;1-3-9(11)7-5-6-8-13-10(12)4-2;1-3-6(8)5-10-7(9)4-2;4*1-2/h3-4H,1-2,5-16H2;3-4H,1-2,5-13H2;3-4H,1-2,5-10H2;3-4H,1-2,5-8H2;3-4H,1-2,5H2;4*1H2. The highest BCUT2D eigenvalue weighted by Gasteiger charge is 2.03. The summed E-state index contributed by atoms with van der Waals surface area (Å²) in [6.45, 7) is 43.8. The topological polar surface area (TPSA) is 313 Å². The van der Waals surface area contributed by atoms with E-state index in [4.69, 9.17) is 52.3 Å². The van der Waals surface area contributed by atoms with E-state index in [1.165, 1.54) is 68.9 Å². The Balaban J connectivity index is -0.000000125. The van der Waals surface area contributed by atoms with Gasteiger partial charge in [0.05, 0.1) is 46.2 Å². The molecular formula is C66H102O22. The van der Waals surface area contributed by atoms with Crippen LogP contribution >= 0.6 is 0 Å². The van der Waals surface area contributed by atoms with Crippen molar-refractivity contribution >= 4 is 86.5 Å². The molecule has 88 heavy (non-hydrogen) atoms. The molecule has 0 aliphatic rings. The van der Waals surface area contributed by atoms with E-state index in [0.29, 0.717) is 59.1 Å². The highest BCUT2D eigenvalue weighted by molar-refractivity contribution is 5.92. The molecule has 0 radical (unpaired) electrons. The lowest BCUT2D eigenvalue weighted by Crippen LogP contribution is -2.09. The van der Waals surface area contributed by atoms with Crippen molar-refractivity contribution in [3.63, 3.8) is 0 Å². The molecule has 0 aromatic carbocycles. The summed E-state index contributed by atoms with van der Waals surface area (Å²) in [5, 5.41) is 0. The minimum Gasteiger partial charge on any atom is -0.463 e. The van der Waals surface area contributed by atoms with Gasteiger partial charge in [-0.2, -0.15) is 0 Å². The van der Waals surface area contributed by atoms with E-state index < -0.39 is 11.9 Å². The van der Waals surface area contributed by atoms with Gasteiger partial charge in [-0.05, 0) is 76.4 Å². The molecule has 0 unspecified atom stereocenters. The first-order chi connectivity index (χ1) is 42.5. The Hall–Kier alpha value is -8.82. The summed E-state index contributed by atoms with van der Waals surface area (Å²) < 4.78 is 38.2. The van der Waals surface area contributed by atoms with Crippen LogP contribution in [0.25, 0.3) is 0 Å². The van der Waals surface area contributed by atoms with Gasteiger partial charge in [0, 0.05) is 55.0 Å². The third-order valence-electron chi connectivity index (χ3n) is 10.0. The highest BCUT2D eigenvalue weighted by Crippen LogP contribution is 2.11. The van der Waals surface area contributed by atoms with Crippen LogP contribution in [0.3, 0.4) is 0 Å². The number of carbonyl (C=O) groups is 14. The van der Waals surface area contributed by atoms with E-state index in [0.717, 1.165) is 133 Å². The third kappa shape index (κ3) is 102. The van der Waals surface area contributed by atoms with Crippen LogP contribution in [0.1, 0.15) is 154 Å². The van der Waals surface area contributed by atoms with E-state index in [1.807, 2.05) is 27.2 Å². The maximum atomic E-state index is 10.8. The van der Waals surface area contributed by atoms with Gasteiger partial charge in [0.15, 0.2) is 18.2 Å². The highest BCUT2D eigenvalue weighted by atomic mass is 16.6. The van der Waals surface area contributed by atoms with Crippen molar-refractivity contribution in [3.05, 3.63) is 127 Å². The minimum atomic E-state index is -0.602. The van der Waals surface area contributed by atoms with Crippen molar-refractivity contribution < 1.29 is 105 Å². The van der Waals surface area contributed by atoms with Gasteiger partial charge in [-0.15, -0.1) is 0 Å². The fourth-order valence-corrected chi connectivity index (χ4v) is 5.65. The molecule has 0 saturated carbocycles. The number of esters is 8. The molecule has 498 valence electrons. The maximum Gasteiger partial charge on any atom is 0.330 e. The fraction of sp³-hybridized carbons (Fsp3) is 0.485. The molecule has 0 aliphatic heterocycles. The Morgan fingerprint density at radius 3 is 0.500 bits per heavy atom. The second-order valence-corrected chi connectivity index (χ2v) is 16.6. The van der Waals surface area contributed by atoms with E-state index in [2.05, 4.69) is 70.5 Å². The second kappa shape index (κ2) is 91.9. The van der Waals surface area contributed by atoms with Gasteiger partial charge < -0.3 is 57.1 Å². The normalized spacial score (nSPS) is 8.68. The Morgan fingerprint density at radius 2 is 0.341 bits per heavy atom. The van der Waals surface area contributed by atoms with Crippen LogP contribution in [0.15, 0.2) is 127 Å². The summed E-state index contributed by atoms with van der Waals surface area (Å²) in [5.41, 5.74) is 0. The smallest absolute Gasteiger partial charge is 0.330 e. The molecule has 0 spiro atoms. The monoisotopic (exact) mass is 1250 g/mol. The van der Waals surface area contributed by atoms with Gasteiger partial charge in [-0.25, -0.2) is 38.4 Å². The summed E-state index contributed by atoms with van der Waals surface area (Å²) in [6, 6.07) is 0. The SMILES string of the molecule is C=CC(=O)CCCCOC(=O)C=C.C=CC(=O)COC(=O)C=C.C=CC(=O)OCCCCCCCCCCCCOC(=O)C=C.C=CC(=O)OCCCCCCCCCOC(=O)C=C.C=CC(=O)OCCCCCCOC(=O)C=C.C=O.C=O.C=O.C=O. The molecule has 0 amide bonds. The average Bonchev–Trinajstić information content (AvgIpc) is 3.57. The zero-order valence-corrected chi connectivity index (χ0v) is 52.3. The predicted molar refractivity (Wildman–Crippen MR) is 339 cm³/mol. The van der Waals surface area contributed by atoms with Crippen LogP contribution in [-0.4, -0.2) is 139 Å². The largest absolute Gasteiger partial charge is 0.463 e. The first-order valence-corrected chi connectivity index (χ1v) is 28.3. The molecule has 0 fully saturated rings. The minimum absolute atomic E-state index is 0.0232. The molecule has 0 N–H and O–H groups in total. The van der Waals surface area contributed by atoms with Crippen molar-refractivity contribution in [2.75, 3.05) is 52.9 Å². The Labute approximate surface area is 523 Å². The summed E-state index contributed by atoms with van der Waals surface area (Å²) in [4.78, 5) is 138. The zero-order chi connectivity index (χ0) is 69.1. The Bertz CT molecular complexity index is 1770. The number of rotatable bonds is 47. The first-order valence-electron chi connectivity index (χ1n) is 28.3. The van der Waals surface area contributed by atoms with Crippen molar-refractivity contribution in [1.29, 1.82) is 0 Å². The summed E-state index contributed by atoms with van der Waals surface area (Å²) in [5.74, 6) is -3.48. The summed E-state index contributed by atoms with van der Waals surface area (Å²) in [7, 11) is 0. The lowest BCUT2D eigenvalue weighted by Gasteiger charge is -2.04. The molecule has 0 heterocycles. The van der Waals surface area contributed by atoms with Crippen LogP contribution in [0, 0.1) is 0 Å². The molecule has 0 bridgehead atoms. The third-order valence-corrected chi connectivity index (χ3v) is 10.0. The molecule has 0 aromatic heterocycles. The van der Waals surface area contributed by atoms with E-state index in [-0.39, 0.29) is 54.0 Å². The summed E-state index contributed by atoms with van der Waals surface area (Å²) >= 11 is 0. The number of hydrogen-bond donors (Lipinski definition) is 0. The molecule has 0 rings (SSSR count). The molecule has 0 saturated heterocycles. The van der Waals surface area contributed by atoms with Gasteiger partial charge >= 0.3 is 47.8 Å². The van der Waals surface area contributed by atoms with Crippen molar-refractivity contribution in [3.8, 4) is 0 Å². The van der Waals surface area contributed by atoms with Crippen LogP contribution in [0.2, 0.25) is 0 Å². The van der Waals surface area contributed by atoms with Crippen molar-refractivity contribution in [2.45, 2.75) is 154 Å².